The minimum absolute atomic E-state index is 0.00615. The van der Waals surface area contributed by atoms with Crippen molar-refractivity contribution in [3.05, 3.63) is 30.3 Å². The number of ether oxygens (including phenoxy) is 1. The van der Waals surface area contributed by atoms with Crippen LogP contribution in [0.4, 0.5) is 18.0 Å². The quantitative estimate of drug-likeness (QED) is 0.783. The molecule has 0 saturated heterocycles. The van der Waals surface area contributed by atoms with Crippen molar-refractivity contribution in [3.8, 4) is 0 Å². The maximum absolute atomic E-state index is 13.2. The molecule has 7 heteroatoms. The number of carbonyl (C=O) groups is 1. The van der Waals surface area contributed by atoms with E-state index in [0.29, 0.717) is 4.81 Å². The van der Waals surface area contributed by atoms with E-state index in [-0.39, 0.29) is 5.46 Å². The van der Waals surface area contributed by atoms with E-state index < -0.39 is 24.6 Å². The molecule has 20 heavy (non-hydrogen) atoms. The van der Waals surface area contributed by atoms with Crippen LogP contribution in [-0.4, -0.2) is 36.5 Å². The van der Waals surface area contributed by atoms with Crippen molar-refractivity contribution in [2.75, 3.05) is 7.05 Å². The Kier molecular flexibility index (Phi) is 4.73. The normalized spacial score (nSPS) is 11.9. The molecule has 0 heterocycles. The standard InChI is InChI=1S/C13H17BF3NO2/c1-12(2,3)20-11(19)18(4)14(13(15,16)17)10-8-6-5-7-9-10/h5-9H,1-4H3. The van der Waals surface area contributed by atoms with Crippen molar-refractivity contribution in [1.29, 1.82) is 0 Å². The molecule has 0 bridgehead atoms. The molecule has 0 aliphatic rings. The van der Waals surface area contributed by atoms with Gasteiger partial charge in [-0.3, -0.25) is 0 Å². The Morgan fingerprint density at radius 2 is 1.65 bits per heavy atom. The summed E-state index contributed by atoms with van der Waals surface area (Å²) in [4.78, 5) is 12.4. The predicted octanol–water partition coefficient (Wildman–Crippen LogP) is 2.85. The van der Waals surface area contributed by atoms with Crippen molar-refractivity contribution >= 4 is 18.4 Å². The predicted molar refractivity (Wildman–Crippen MR) is 71.9 cm³/mol. The van der Waals surface area contributed by atoms with Gasteiger partial charge < -0.3 is 9.55 Å². The monoisotopic (exact) mass is 287 g/mol. The zero-order valence-electron chi connectivity index (χ0n) is 11.9. The zero-order valence-corrected chi connectivity index (χ0v) is 11.9. The second-order valence-electron chi connectivity index (χ2n) is 5.45. The van der Waals surface area contributed by atoms with E-state index in [1.54, 1.807) is 26.8 Å². The number of amides is 1. The van der Waals surface area contributed by atoms with Crippen molar-refractivity contribution in [2.45, 2.75) is 32.4 Å². The van der Waals surface area contributed by atoms with Crippen LogP contribution in [0.15, 0.2) is 30.3 Å². The molecule has 1 rings (SSSR count). The lowest BCUT2D eigenvalue weighted by atomic mass is 9.53. The summed E-state index contributed by atoms with van der Waals surface area (Å²) in [5.74, 6) is 0. The molecule has 0 aliphatic heterocycles. The number of benzene rings is 1. The summed E-state index contributed by atoms with van der Waals surface area (Å²) in [5.41, 5.74) is -0.855. The number of nitrogens with zero attached hydrogens (tertiary/aromatic N) is 1. The van der Waals surface area contributed by atoms with Gasteiger partial charge in [-0.2, -0.15) is 13.2 Å². The van der Waals surface area contributed by atoms with Crippen LogP contribution in [0.2, 0.25) is 0 Å². The Morgan fingerprint density at radius 1 is 1.15 bits per heavy atom. The summed E-state index contributed by atoms with van der Waals surface area (Å²) < 4.78 is 44.6. The molecule has 0 saturated carbocycles. The van der Waals surface area contributed by atoms with Gasteiger partial charge in [0, 0.05) is 7.05 Å². The van der Waals surface area contributed by atoms with E-state index in [2.05, 4.69) is 0 Å². The molecule has 1 amide bonds. The maximum Gasteiger partial charge on any atom is 0.421 e. The fraction of sp³-hybridized carbons (Fsp3) is 0.462. The van der Waals surface area contributed by atoms with E-state index in [4.69, 9.17) is 4.74 Å². The molecule has 0 spiro atoms. The van der Waals surface area contributed by atoms with Crippen LogP contribution in [0, 0.1) is 0 Å². The molecule has 0 radical (unpaired) electrons. The van der Waals surface area contributed by atoms with Crippen molar-refractivity contribution in [1.82, 2.24) is 4.81 Å². The summed E-state index contributed by atoms with van der Waals surface area (Å²) in [7, 11) is 1.08. The largest absolute Gasteiger partial charge is 0.445 e. The molecule has 1 aromatic carbocycles. The van der Waals surface area contributed by atoms with Gasteiger partial charge in [-0.05, 0) is 26.2 Å². The number of alkyl halides is 3. The number of hydrogen-bond acceptors (Lipinski definition) is 2. The highest BCUT2D eigenvalue weighted by Gasteiger charge is 2.51. The van der Waals surface area contributed by atoms with Crippen LogP contribution < -0.4 is 5.46 Å². The van der Waals surface area contributed by atoms with Gasteiger partial charge in [0.25, 0.3) is 0 Å². The molecule has 110 valence electrons. The van der Waals surface area contributed by atoms with Crippen LogP contribution in [0.25, 0.3) is 0 Å². The third-order valence-corrected chi connectivity index (χ3v) is 2.49. The maximum atomic E-state index is 13.2. The molecule has 0 aromatic heterocycles. The third kappa shape index (κ3) is 4.47. The summed E-state index contributed by atoms with van der Waals surface area (Å²) in [6, 6.07) is 7.27. The Balaban J connectivity index is 3.04. The second kappa shape index (κ2) is 5.77. The lowest BCUT2D eigenvalue weighted by Gasteiger charge is -2.30. The Labute approximate surface area is 116 Å². The van der Waals surface area contributed by atoms with Crippen LogP contribution in [-0.2, 0) is 4.74 Å². The van der Waals surface area contributed by atoms with E-state index in [1.807, 2.05) is 0 Å². The average Bonchev–Trinajstić information content (AvgIpc) is 2.26. The molecule has 0 fully saturated rings. The Bertz CT molecular complexity index is 457. The first-order valence-corrected chi connectivity index (χ1v) is 6.10. The van der Waals surface area contributed by atoms with Crippen molar-refractivity contribution in [2.24, 2.45) is 0 Å². The highest BCUT2D eigenvalue weighted by molar-refractivity contribution is 6.74. The fourth-order valence-electron chi connectivity index (χ4n) is 1.71. The number of halogens is 3. The zero-order chi connectivity index (χ0) is 15.6. The molecule has 1 aromatic rings. The first-order valence-electron chi connectivity index (χ1n) is 6.10. The molecule has 0 aliphatic carbocycles. The minimum Gasteiger partial charge on any atom is -0.445 e. The van der Waals surface area contributed by atoms with Crippen LogP contribution in [0.5, 0.6) is 0 Å². The van der Waals surface area contributed by atoms with E-state index >= 15 is 0 Å². The first-order chi connectivity index (χ1) is 9.02. The second-order valence-corrected chi connectivity index (χ2v) is 5.45. The van der Waals surface area contributed by atoms with Gasteiger partial charge in [0.05, 0.1) is 0 Å². The molecule has 0 unspecified atom stereocenters. The highest BCUT2D eigenvalue weighted by Crippen LogP contribution is 2.22. The van der Waals surface area contributed by atoms with Gasteiger partial charge >= 0.3 is 19.0 Å². The van der Waals surface area contributed by atoms with E-state index in [1.165, 1.54) is 24.3 Å². The summed E-state index contributed by atoms with van der Waals surface area (Å²) in [6.45, 7) is 2.77. The first kappa shape index (κ1) is 16.4. The lowest BCUT2D eigenvalue weighted by molar-refractivity contribution is -0.0573. The highest BCUT2D eigenvalue weighted by atomic mass is 19.4. The van der Waals surface area contributed by atoms with Crippen LogP contribution in [0.3, 0.4) is 0 Å². The molecular formula is C13H17BF3NO2. The number of rotatable bonds is 2. The van der Waals surface area contributed by atoms with Gasteiger partial charge in [0.15, 0.2) is 0 Å². The van der Waals surface area contributed by atoms with Gasteiger partial charge in [0.1, 0.15) is 5.60 Å². The van der Waals surface area contributed by atoms with Crippen molar-refractivity contribution in [3.63, 3.8) is 0 Å². The summed E-state index contributed by atoms with van der Waals surface area (Å²) in [5, 5.41) is 0. The fourth-order valence-corrected chi connectivity index (χ4v) is 1.71. The molecule has 3 nitrogen and oxygen atoms in total. The SMILES string of the molecule is CN(B(c1ccccc1)C(F)(F)F)C(=O)OC(C)(C)C. The van der Waals surface area contributed by atoms with Gasteiger partial charge in [-0.1, -0.05) is 30.3 Å². The van der Waals surface area contributed by atoms with E-state index in [9.17, 15) is 18.0 Å². The Morgan fingerprint density at radius 3 is 2.05 bits per heavy atom. The lowest BCUT2D eigenvalue weighted by Crippen LogP contribution is -2.59. The molecule has 0 N–H and O–H groups in total. The average molecular weight is 287 g/mol. The topological polar surface area (TPSA) is 29.5 Å². The number of hydrogen-bond donors (Lipinski definition) is 0. The Hall–Kier alpha value is -1.66. The molecule has 0 atom stereocenters. The van der Waals surface area contributed by atoms with Crippen molar-refractivity contribution < 1.29 is 22.7 Å². The summed E-state index contributed by atoms with van der Waals surface area (Å²) >= 11 is 0. The van der Waals surface area contributed by atoms with Crippen LogP contribution in [0.1, 0.15) is 20.8 Å². The van der Waals surface area contributed by atoms with E-state index in [0.717, 1.165) is 7.05 Å². The number of carbonyl (C=O) groups excluding carboxylic acids is 1. The van der Waals surface area contributed by atoms with Gasteiger partial charge in [0.2, 0.25) is 0 Å². The van der Waals surface area contributed by atoms with Crippen LogP contribution >= 0.6 is 0 Å². The van der Waals surface area contributed by atoms with Gasteiger partial charge in [-0.25, -0.2) is 4.79 Å². The third-order valence-electron chi connectivity index (χ3n) is 2.49. The summed E-state index contributed by atoms with van der Waals surface area (Å²) in [6.07, 6.45) is -5.59. The van der Waals surface area contributed by atoms with Gasteiger partial charge in [-0.15, -0.1) is 0 Å². The minimum atomic E-state index is -4.58. The molecular weight excluding hydrogens is 270 g/mol. The smallest absolute Gasteiger partial charge is 0.421 e.